The van der Waals surface area contributed by atoms with Gasteiger partial charge in [0.15, 0.2) is 5.78 Å². The molecule has 142 valence electrons. The van der Waals surface area contributed by atoms with Gasteiger partial charge in [0.1, 0.15) is 12.1 Å². The minimum Gasteiger partial charge on any atom is -0.345 e. The average molecular weight is 354 g/mol. The molecule has 0 radical (unpaired) electrons. The summed E-state index contributed by atoms with van der Waals surface area (Å²) in [7, 11) is 0. The third-order valence-corrected chi connectivity index (χ3v) is 4.43. The molecule has 8 heteroatoms. The van der Waals surface area contributed by atoms with Crippen molar-refractivity contribution in [1.82, 2.24) is 15.5 Å². The Morgan fingerprint density at radius 2 is 1.84 bits per heavy atom. The number of ketones is 1. The Bertz CT molecular complexity index is 509. The first-order valence-electron chi connectivity index (χ1n) is 8.86. The molecule has 1 aliphatic rings. The Labute approximate surface area is 148 Å². The summed E-state index contributed by atoms with van der Waals surface area (Å²) in [5.41, 5.74) is 5.48. The fourth-order valence-electron chi connectivity index (χ4n) is 2.91. The van der Waals surface area contributed by atoms with Crippen LogP contribution in [0, 0.1) is 0 Å². The molecule has 8 nitrogen and oxygen atoms in total. The van der Waals surface area contributed by atoms with E-state index in [4.69, 9.17) is 5.73 Å². The molecule has 0 saturated carbocycles. The number of hydrogen-bond donors (Lipinski definition) is 3. The topological polar surface area (TPSA) is 122 Å². The molecule has 3 unspecified atom stereocenters. The first-order chi connectivity index (χ1) is 11.8. The Morgan fingerprint density at radius 1 is 1.16 bits per heavy atom. The predicted octanol–water partition coefficient (Wildman–Crippen LogP) is -0.295. The third-order valence-electron chi connectivity index (χ3n) is 4.43. The largest absolute Gasteiger partial charge is 0.345 e. The summed E-state index contributed by atoms with van der Waals surface area (Å²) < 4.78 is 0. The Morgan fingerprint density at radius 3 is 2.40 bits per heavy atom. The fraction of sp³-hybridized carbons (Fsp3) is 0.765. The van der Waals surface area contributed by atoms with Gasteiger partial charge in [-0.3, -0.25) is 19.2 Å². The van der Waals surface area contributed by atoms with Crippen LogP contribution in [0.3, 0.4) is 0 Å². The number of nitrogens with one attached hydrogen (secondary N) is 2. The lowest BCUT2D eigenvalue weighted by molar-refractivity contribution is -0.141. The number of carbonyl (C=O) groups excluding carboxylic acids is 4. The minimum atomic E-state index is -0.650. The van der Waals surface area contributed by atoms with Gasteiger partial charge in [0.05, 0.1) is 6.04 Å². The normalized spacial score (nSPS) is 19.2. The molecular formula is C17H30N4O4. The van der Waals surface area contributed by atoms with Gasteiger partial charge < -0.3 is 21.3 Å². The van der Waals surface area contributed by atoms with E-state index in [1.807, 2.05) is 0 Å². The molecule has 1 rings (SSSR count). The zero-order valence-electron chi connectivity index (χ0n) is 15.3. The van der Waals surface area contributed by atoms with E-state index in [-0.39, 0.29) is 23.5 Å². The maximum Gasteiger partial charge on any atom is 0.245 e. The second-order valence-electron chi connectivity index (χ2n) is 6.57. The van der Waals surface area contributed by atoms with E-state index in [0.29, 0.717) is 32.4 Å². The molecule has 0 aromatic rings. The first kappa shape index (κ1) is 21.1. The van der Waals surface area contributed by atoms with E-state index in [1.54, 1.807) is 6.92 Å². The van der Waals surface area contributed by atoms with E-state index in [1.165, 1.54) is 18.7 Å². The fourth-order valence-corrected chi connectivity index (χ4v) is 2.91. The van der Waals surface area contributed by atoms with Crippen molar-refractivity contribution < 1.29 is 19.2 Å². The lowest BCUT2D eigenvalue weighted by Gasteiger charge is -2.29. The first-order valence-corrected chi connectivity index (χ1v) is 8.86. The molecule has 0 aromatic heterocycles. The number of amides is 3. The summed E-state index contributed by atoms with van der Waals surface area (Å²) in [6, 6.07) is -1.83. The predicted molar refractivity (Wildman–Crippen MR) is 93.5 cm³/mol. The molecule has 0 spiro atoms. The van der Waals surface area contributed by atoms with Crippen molar-refractivity contribution in [2.24, 2.45) is 5.73 Å². The van der Waals surface area contributed by atoms with Gasteiger partial charge in [-0.2, -0.15) is 0 Å². The number of hydrogen-bond acceptors (Lipinski definition) is 5. The molecule has 1 fully saturated rings. The van der Waals surface area contributed by atoms with Crippen molar-refractivity contribution >= 4 is 23.5 Å². The maximum absolute atomic E-state index is 12.8. The summed E-state index contributed by atoms with van der Waals surface area (Å²) in [5, 5.41) is 5.33. The van der Waals surface area contributed by atoms with Crippen molar-refractivity contribution in [3.63, 3.8) is 0 Å². The number of likely N-dealkylation sites (tertiary alicyclic amines) is 1. The van der Waals surface area contributed by atoms with Crippen LogP contribution < -0.4 is 16.4 Å². The molecule has 1 saturated heterocycles. The van der Waals surface area contributed by atoms with E-state index in [0.717, 1.165) is 12.8 Å². The van der Waals surface area contributed by atoms with Crippen LogP contribution in [-0.2, 0) is 19.2 Å². The van der Waals surface area contributed by atoms with Gasteiger partial charge in [-0.25, -0.2) is 0 Å². The van der Waals surface area contributed by atoms with Gasteiger partial charge in [-0.15, -0.1) is 0 Å². The smallest absolute Gasteiger partial charge is 0.245 e. The Kier molecular flexibility index (Phi) is 8.54. The standard InChI is InChI=1S/C17H30N4O4/c1-11(12(2)22)19-16(24)15-8-6-10-21(15)17(25)14(20-13(3)23)7-4-5-9-18/h11,14-15H,4-10,18H2,1-3H3,(H,19,24)(H,20,23). The Balaban J connectivity index is 2.78. The molecular weight excluding hydrogens is 324 g/mol. The van der Waals surface area contributed by atoms with E-state index >= 15 is 0 Å². The highest BCUT2D eigenvalue weighted by Gasteiger charge is 2.37. The molecule has 1 heterocycles. The number of nitrogens with two attached hydrogens (primary N) is 1. The number of rotatable bonds is 9. The van der Waals surface area contributed by atoms with Crippen LogP contribution in [0.1, 0.15) is 52.9 Å². The second-order valence-corrected chi connectivity index (χ2v) is 6.57. The quantitative estimate of drug-likeness (QED) is 0.491. The summed E-state index contributed by atoms with van der Waals surface area (Å²) in [6.07, 6.45) is 3.25. The van der Waals surface area contributed by atoms with Gasteiger partial charge in [-0.05, 0) is 52.5 Å². The monoisotopic (exact) mass is 354 g/mol. The summed E-state index contributed by atoms with van der Waals surface area (Å²) in [4.78, 5) is 49.5. The highest BCUT2D eigenvalue weighted by Crippen LogP contribution is 2.20. The summed E-state index contributed by atoms with van der Waals surface area (Å²) in [5.74, 6) is -0.990. The lowest BCUT2D eigenvalue weighted by atomic mass is 10.1. The van der Waals surface area contributed by atoms with Crippen molar-refractivity contribution in [2.75, 3.05) is 13.1 Å². The second kappa shape index (κ2) is 10.1. The summed E-state index contributed by atoms with van der Waals surface area (Å²) in [6.45, 7) is 5.39. The van der Waals surface area contributed by atoms with E-state index < -0.39 is 18.1 Å². The Hall–Kier alpha value is -1.96. The molecule has 0 aromatic carbocycles. The molecule has 0 bridgehead atoms. The molecule has 0 aliphatic carbocycles. The molecule has 1 aliphatic heterocycles. The van der Waals surface area contributed by atoms with Gasteiger partial charge in [0.25, 0.3) is 0 Å². The highest BCUT2D eigenvalue weighted by atomic mass is 16.2. The van der Waals surface area contributed by atoms with Gasteiger partial charge in [0, 0.05) is 13.5 Å². The number of carbonyl (C=O) groups is 4. The van der Waals surface area contributed by atoms with Crippen molar-refractivity contribution in [3.05, 3.63) is 0 Å². The van der Waals surface area contributed by atoms with Gasteiger partial charge in [-0.1, -0.05) is 0 Å². The van der Waals surface area contributed by atoms with Crippen LogP contribution in [-0.4, -0.2) is 59.6 Å². The average Bonchev–Trinajstić information content (AvgIpc) is 3.02. The molecule has 4 N–H and O–H groups in total. The van der Waals surface area contributed by atoms with Crippen LogP contribution in [0.2, 0.25) is 0 Å². The van der Waals surface area contributed by atoms with Crippen LogP contribution in [0.15, 0.2) is 0 Å². The number of unbranched alkanes of at least 4 members (excludes halogenated alkanes) is 1. The molecule has 3 amide bonds. The van der Waals surface area contributed by atoms with Crippen molar-refractivity contribution in [3.8, 4) is 0 Å². The number of nitrogens with zero attached hydrogens (tertiary/aromatic N) is 1. The highest BCUT2D eigenvalue weighted by molar-refractivity contribution is 5.94. The lowest BCUT2D eigenvalue weighted by Crippen LogP contribution is -2.54. The third kappa shape index (κ3) is 6.45. The number of Topliss-reactive ketones (excluding diaryl/α,β-unsaturated/α-hetero) is 1. The van der Waals surface area contributed by atoms with Gasteiger partial charge >= 0.3 is 0 Å². The zero-order valence-corrected chi connectivity index (χ0v) is 15.3. The summed E-state index contributed by atoms with van der Waals surface area (Å²) >= 11 is 0. The van der Waals surface area contributed by atoms with Crippen LogP contribution in [0.25, 0.3) is 0 Å². The molecule has 25 heavy (non-hydrogen) atoms. The van der Waals surface area contributed by atoms with E-state index in [9.17, 15) is 19.2 Å². The molecule has 3 atom stereocenters. The van der Waals surface area contributed by atoms with E-state index in [2.05, 4.69) is 10.6 Å². The van der Waals surface area contributed by atoms with Crippen molar-refractivity contribution in [1.29, 1.82) is 0 Å². The SMILES string of the molecule is CC(=O)NC(CCCCN)C(=O)N1CCCC1C(=O)NC(C)C(C)=O. The zero-order chi connectivity index (χ0) is 19.0. The van der Waals surface area contributed by atoms with Gasteiger partial charge in [0.2, 0.25) is 17.7 Å². The van der Waals surface area contributed by atoms with Crippen LogP contribution >= 0.6 is 0 Å². The van der Waals surface area contributed by atoms with Crippen LogP contribution in [0.5, 0.6) is 0 Å². The minimum absolute atomic E-state index is 0.137. The van der Waals surface area contributed by atoms with Crippen LogP contribution in [0.4, 0.5) is 0 Å². The maximum atomic E-state index is 12.8. The van der Waals surface area contributed by atoms with Crippen molar-refractivity contribution in [2.45, 2.75) is 71.0 Å².